The van der Waals surface area contributed by atoms with Crippen LogP contribution in [-0.2, 0) is 23.2 Å². The van der Waals surface area contributed by atoms with E-state index in [1.165, 1.54) is 13.1 Å². The summed E-state index contributed by atoms with van der Waals surface area (Å²) < 4.78 is 65.9. The van der Waals surface area contributed by atoms with Crippen LogP contribution in [-0.4, -0.2) is 48.5 Å². The monoisotopic (exact) mass is 418 g/mol. The summed E-state index contributed by atoms with van der Waals surface area (Å²) in [5, 5.41) is 0. The highest BCUT2D eigenvalue weighted by atomic mass is 32.2. The fourth-order valence-corrected chi connectivity index (χ4v) is 4.33. The number of rotatable bonds is 3. The molecule has 2 heterocycles. The van der Waals surface area contributed by atoms with Crippen molar-refractivity contribution in [2.45, 2.75) is 11.1 Å². The van der Waals surface area contributed by atoms with Gasteiger partial charge in [0.1, 0.15) is 5.82 Å². The molecule has 3 rings (SSSR count). The Labute approximate surface area is 157 Å². The summed E-state index contributed by atoms with van der Waals surface area (Å²) in [6.45, 7) is 0.328. The van der Waals surface area contributed by atoms with Crippen LogP contribution in [0.1, 0.15) is 5.56 Å². The Balaban J connectivity index is 1.79. The van der Waals surface area contributed by atoms with E-state index < -0.39 is 37.9 Å². The van der Waals surface area contributed by atoms with E-state index in [2.05, 4.69) is 4.98 Å². The van der Waals surface area contributed by atoms with Crippen LogP contribution in [0.15, 0.2) is 44.8 Å². The normalized spacial score (nSPS) is 16.4. The Morgan fingerprint density at radius 2 is 1.68 bits per heavy atom. The molecular weight excluding hydrogens is 401 g/mol. The SMILES string of the molecule is Cn1c(=O)cc(N2CCN(S(=O)(=O)c3cccc(C(F)(F)F)c3)CC2)[nH]c1=O. The average Bonchev–Trinajstić information content (AvgIpc) is 2.65. The Hall–Kier alpha value is -2.60. The summed E-state index contributed by atoms with van der Waals surface area (Å²) in [5.74, 6) is 0.268. The summed E-state index contributed by atoms with van der Waals surface area (Å²) in [7, 11) is -2.78. The zero-order valence-corrected chi connectivity index (χ0v) is 15.5. The first-order chi connectivity index (χ1) is 13.0. The number of sulfonamides is 1. The van der Waals surface area contributed by atoms with E-state index in [0.717, 1.165) is 27.1 Å². The van der Waals surface area contributed by atoms with Gasteiger partial charge in [-0.15, -0.1) is 0 Å². The molecule has 152 valence electrons. The van der Waals surface area contributed by atoms with Crippen molar-refractivity contribution in [3.05, 3.63) is 56.7 Å². The van der Waals surface area contributed by atoms with E-state index in [4.69, 9.17) is 0 Å². The van der Waals surface area contributed by atoms with Gasteiger partial charge in [-0.25, -0.2) is 13.2 Å². The molecular formula is C16H17F3N4O4S. The van der Waals surface area contributed by atoms with E-state index in [9.17, 15) is 31.2 Å². The molecule has 1 aromatic carbocycles. The lowest BCUT2D eigenvalue weighted by Crippen LogP contribution is -2.49. The third-order valence-electron chi connectivity index (χ3n) is 4.51. The second-order valence-corrected chi connectivity index (χ2v) is 8.21. The zero-order chi connectivity index (χ0) is 20.7. The Kier molecular flexibility index (Phi) is 5.10. The fraction of sp³-hybridized carbons (Fsp3) is 0.375. The first kappa shape index (κ1) is 20.1. The molecule has 28 heavy (non-hydrogen) atoms. The molecule has 0 atom stereocenters. The molecule has 1 aliphatic heterocycles. The number of hydrogen-bond donors (Lipinski definition) is 1. The predicted octanol–water partition coefficient (Wildman–Crippen LogP) is 0.603. The number of hydrogen-bond acceptors (Lipinski definition) is 5. The summed E-state index contributed by atoms with van der Waals surface area (Å²) >= 11 is 0. The minimum absolute atomic E-state index is 0.00415. The highest BCUT2D eigenvalue weighted by Gasteiger charge is 2.34. The lowest BCUT2D eigenvalue weighted by Gasteiger charge is -2.34. The quantitative estimate of drug-likeness (QED) is 0.788. The van der Waals surface area contributed by atoms with Crippen LogP contribution in [0.2, 0.25) is 0 Å². The average molecular weight is 418 g/mol. The zero-order valence-electron chi connectivity index (χ0n) is 14.7. The number of alkyl halides is 3. The number of benzene rings is 1. The van der Waals surface area contributed by atoms with Crippen molar-refractivity contribution in [2.24, 2.45) is 7.05 Å². The Bertz CT molecular complexity index is 1070. The van der Waals surface area contributed by atoms with E-state index in [0.29, 0.717) is 6.07 Å². The number of nitrogens with zero attached hydrogens (tertiary/aromatic N) is 3. The first-order valence-corrected chi connectivity index (χ1v) is 9.67. The summed E-state index contributed by atoms with van der Waals surface area (Å²) in [6, 6.07) is 4.83. The Morgan fingerprint density at radius 1 is 1.04 bits per heavy atom. The lowest BCUT2D eigenvalue weighted by molar-refractivity contribution is -0.137. The van der Waals surface area contributed by atoms with Gasteiger partial charge in [-0.05, 0) is 18.2 Å². The Morgan fingerprint density at radius 3 is 2.25 bits per heavy atom. The van der Waals surface area contributed by atoms with Gasteiger partial charge in [-0.3, -0.25) is 14.3 Å². The van der Waals surface area contributed by atoms with Crippen molar-refractivity contribution in [2.75, 3.05) is 31.1 Å². The van der Waals surface area contributed by atoms with Gasteiger partial charge in [0.25, 0.3) is 5.56 Å². The molecule has 1 fully saturated rings. The molecule has 1 aliphatic rings. The first-order valence-electron chi connectivity index (χ1n) is 8.23. The smallest absolute Gasteiger partial charge is 0.355 e. The number of nitrogens with one attached hydrogen (secondary N) is 1. The van der Waals surface area contributed by atoms with Gasteiger partial charge in [0.15, 0.2) is 0 Å². The van der Waals surface area contributed by atoms with Crippen LogP contribution in [0.25, 0.3) is 0 Å². The minimum atomic E-state index is -4.64. The lowest BCUT2D eigenvalue weighted by atomic mass is 10.2. The number of H-pyrrole nitrogens is 1. The van der Waals surface area contributed by atoms with Gasteiger partial charge < -0.3 is 4.90 Å². The second kappa shape index (κ2) is 7.09. The molecule has 12 heteroatoms. The van der Waals surface area contributed by atoms with Crippen LogP contribution in [0.3, 0.4) is 0 Å². The molecule has 0 radical (unpaired) electrons. The molecule has 1 saturated heterocycles. The van der Waals surface area contributed by atoms with Crippen molar-refractivity contribution < 1.29 is 21.6 Å². The number of aromatic amines is 1. The summed E-state index contributed by atoms with van der Waals surface area (Å²) in [6.07, 6.45) is -4.64. The van der Waals surface area contributed by atoms with Crippen molar-refractivity contribution in [1.29, 1.82) is 0 Å². The van der Waals surface area contributed by atoms with Gasteiger partial charge in [0.2, 0.25) is 10.0 Å². The van der Waals surface area contributed by atoms with Crippen LogP contribution in [0.4, 0.5) is 19.0 Å². The van der Waals surface area contributed by atoms with Crippen LogP contribution in [0, 0.1) is 0 Å². The third kappa shape index (κ3) is 3.83. The largest absolute Gasteiger partial charge is 0.416 e. The standard InChI is InChI=1S/C16H17F3N4O4S/c1-21-14(24)10-13(20-15(21)25)22-5-7-23(8-6-22)28(26,27)12-4-2-3-11(9-12)16(17,18)19/h2-4,9-10H,5-8H2,1H3,(H,20,25). The number of piperazine rings is 1. The fourth-order valence-electron chi connectivity index (χ4n) is 2.87. The maximum Gasteiger partial charge on any atom is 0.416 e. The summed E-state index contributed by atoms with van der Waals surface area (Å²) in [5.41, 5.74) is -2.13. The van der Waals surface area contributed by atoms with Gasteiger partial charge >= 0.3 is 11.9 Å². The molecule has 0 spiro atoms. The molecule has 1 N–H and O–H groups in total. The number of anilines is 1. The van der Waals surface area contributed by atoms with Gasteiger partial charge in [0.05, 0.1) is 10.5 Å². The van der Waals surface area contributed by atoms with Crippen LogP contribution >= 0.6 is 0 Å². The van der Waals surface area contributed by atoms with E-state index in [-0.39, 0.29) is 32.0 Å². The highest BCUT2D eigenvalue weighted by Crippen LogP contribution is 2.31. The van der Waals surface area contributed by atoms with Crippen molar-refractivity contribution in [3.8, 4) is 0 Å². The van der Waals surface area contributed by atoms with E-state index >= 15 is 0 Å². The predicted molar refractivity (Wildman–Crippen MR) is 94.7 cm³/mol. The highest BCUT2D eigenvalue weighted by molar-refractivity contribution is 7.89. The van der Waals surface area contributed by atoms with Gasteiger partial charge in [0, 0.05) is 39.3 Å². The van der Waals surface area contributed by atoms with Crippen molar-refractivity contribution in [3.63, 3.8) is 0 Å². The molecule has 1 aromatic heterocycles. The van der Waals surface area contributed by atoms with Crippen molar-refractivity contribution in [1.82, 2.24) is 13.9 Å². The van der Waals surface area contributed by atoms with Gasteiger partial charge in [-0.2, -0.15) is 17.5 Å². The molecule has 0 unspecified atom stereocenters. The van der Waals surface area contributed by atoms with E-state index in [1.807, 2.05) is 0 Å². The second-order valence-electron chi connectivity index (χ2n) is 6.27. The maximum absolute atomic E-state index is 12.9. The number of aromatic nitrogens is 2. The molecule has 0 saturated carbocycles. The van der Waals surface area contributed by atoms with Crippen molar-refractivity contribution >= 4 is 15.8 Å². The van der Waals surface area contributed by atoms with E-state index in [1.54, 1.807) is 4.90 Å². The minimum Gasteiger partial charge on any atom is -0.355 e. The molecule has 0 amide bonds. The maximum atomic E-state index is 12.9. The molecule has 8 nitrogen and oxygen atoms in total. The molecule has 0 aliphatic carbocycles. The number of halogens is 3. The topological polar surface area (TPSA) is 95.5 Å². The molecule has 2 aromatic rings. The summed E-state index contributed by atoms with van der Waals surface area (Å²) in [4.78, 5) is 27.2. The van der Waals surface area contributed by atoms with Gasteiger partial charge in [-0.1, -0.05) is 6.07 Å². The van der Waals surface area contributed by atoms with Crippen LogP contribution < -0.4 is 16.1 Å². The third-order valence-corrected chi connectivity index (χ3v) is 6.40. The molecule has 0 bridgehead atoms. The van der Waals surface area contributed by atoms with Crippen LogP contribution in [0.5, 0.6) is 0 Å².